The van der Waals surface area contributed by atoms with Gasteiger partial charge in [-0.1, -0.05) is 25.1 Å². The van der Waals surface area contributed by atoms with E-state index in [-0.39, 0.29) is 19.0 Å². The summed E-state index contributed by atoms with van der Waals surface area (Å²) in [6, 6.07) is 12.1. The van der Waals surface area contributed by atoms with Crippen molar-refractivity contribution in [2.45, 2.75) is 20.3 Å². The minimum Gasteiger partial charge on any atom is -0.495 e. The van der Waals surface area contributed by atoms with Crippen LogP contribution in [0.5, 0.6) is 5.75 Å². The van der Waals surface area contributed by atoms with Crippen LogP contribution in [0, 0.1) is 6.92 Å². The molecule has 6 heteroatoms. The van der Waals surface area contributed by atoms with Gasteiger partial charge in [0, 0.05) is 6.42 Å². The molecule has 0 aliphatic carbocycles. The van der Waals surface area contributed by atoms with E-state index in [9.17, 15) is 14.4 Å². The maximum atomic E-state index is 12.6. The summed E-state index contributed by atoms with van der Waals surface area (Å²) in [4.78, 5) is 40.3. The number of nitrogens with zero attached hydrogens (tertiary/aromatic N) is 2. The molecule has 0 atom stereocenters. The Kier molecular flexibility index (Phi) is 4.75. The first-order valence-electron chi connectivity index (χ1n) is 8.38. The number of ether oxygens (including phenoxy) is 1. The summed E-state index contributed by atoms with van der Waals surface area (Å²) in [5, 5.41) is 0. The first kappa shape index (κ1) is 17.7. The number of rotatable bonds is 5. The Morgan fingerprint density at radius 3 is 2.23 bits per heavy atom. The van der Waals surface area contributed by atoms with E-state index in [2.05, 4.69) is 0 Å². The Morgan fingerprint density at radius 1 is 1.08 bits per heavy atom. The minimum absolute atomic E-state index is 0.154. The van der Waals surface area contributed by atoms with E-state index in [1.165, 1.54) is 12.0 Å². The van der Waals surface area contributed by atoms with E-state index >= 15 is 0 Å². The maximum absolute atomic E-state index is 12.6. The van der Waals surface area contributed by atoms with Crippen molar-refractivity contribution in [1.29, 1.82) is 0 Å². The lowest BCUT2D eigenvalue weighted by atomic mass is 10.1. The molecule has 0 fully saturated rings. The summed E-state index contributed by atoms with van der Waals surface area (Å²) in [6.45, 7) is 3.50. The second kappa shape index (κ2) is 7.00. The van der Waals surface area contributed by atoms with Gasteiger partial charge in [-0.3, -0.25) is 24.2 Å². The second-order valence-corrected chi connectivity index (χ2v) is 6.08. The molecule has 0 spiro atoms. The van der Waals surface area contributed by atoms with Gasteiger partial charge < -0.3 is 4.74 Å². The van der Waals surface area contributed by atoms with Crippen LogP contribution in [-0.4, -0.2) is 36.4 Å². The predicted molar refractivity (Wildman–Crippen MR) is 97.3 cm³/mol. The van der Waals surface area contributed by atoms with E-state index in [1.807, 2.05) is 19.1 Å². The summed E-state index contributed by atoms with van der Waals surface area (Å²) >= 11 is 0. The fourth-order valence-corrected chi connectivity index (χ4v) is 3.00. The number of carbonyl (C=O) groups excluding carboxylic acids is 3. The number of imide groups is 1. The normalized spacial score (nSPS) is 13.0. The van der Waals surface area contributed by atoms with Crippen molar-refractivity contribution in [2.24, 2.45) is 0 Å². The molecule has 26 heavy (non-hydrogen) atoms. The molecule has 2 aromatic rings. The molecule has 134 valence electrons. The molecule has 0 radical (unpaired) electrons. The number of benzene rings is 2. The summed E-state index contributed by atoms with van der Waals surface area (Å²) in [5.41, 5.74) is 2.23. The van der Waals surface area contributed by atoms with Crippen LogP contribution < -0.4 is 9.64 Å². The van der Waals surface area contributed by atoms with Crippen molar-refractivity contribution in [3.63, 3.8) is 0 Å². The Labute approximate surface area is 152 Å². The van der Waals surface area contributed by atoms with Crippen LogP contribution in [0.2, 0.25) is 0 Å². The number of carbonyl (C=O) groups is 3. The maximum Gasteiger partial charge on any atom is 0.263 e. The molecule has 6 nitrogen and oxygen atoms in total. The molecular weight excluding hydrogens is 332 g/mol. The smallest absolute Gasteiger partial charge is 0.263 e. The highest BCUT2D eigenvalue weighted by atomic mass is 16.5. The molecule has 1 aliphatic heterocycles. The molecule has 0 unspecified atom stereocenters. The average molecular weight is 352 g/mol. The molecule has 3 amide bonds. The molecule has 1 aliphatic rings. The fourth-order valence-electron chi connectivity index (χ4n) is 3.00. The third-order valence-electron chi connectivity index (χ3n) is 4.39. The van der Waals surface area contributed by atoms with Gasteiger partial charge >= 0.3 is 0 Å². The summed E-state index contributed by atoms with van der Waals surface area (Å²) < 4.78 is 5.40. The quantitative estimate of drug-likeness (QED) is 0.776. The van der Waals surface area contributed by atoms with Gasteiger partial charge in [-0.05, 0) is 36.8 Å². The van der Waals surface area contributed by atoms with Gasteiger partial charge in [0.05, 0.1) is 23.9 Å². The van der Waals surface area contributed by atoms with E-state index in [0.717, 1.165) is 10.5 Å². The molecule has 0 aromatic heterocycles. The summed E-state index contributed by atoms with van der Waals surface area (Å²) in [6.07, 6.45) is 0.236. The summed E-state index contributed by atoms with van der Waals surface area (Å²) in [7, 11) is 1.52. The minimum atomic E-state index is -0.398. The fraction of sp³-hybridized carbons (Fsp3) is 0.250. The molecule has 1 heterocycles. The summed E-state index contributed by atoms with van der Waals surface area (Å²) in [5.74, 6) is -0.483. The van der Waals surface area contributed by atoms with Gasteiger partial charge in [0.1, 0.15) is 12.4 Å². The SMILES string of the molecule is CCC(=O)N(CN1C(=O)c2ccccc2C1=O)c1ccc(C)cc1OC. The van der Waals surface area contributed by atoms with Crippen LogP contribution >= 0.6 is 0 Å². The monoisotopic (exact) mass is 352 g/mol. The van der Waals surface area contributed by atoms with Crippen LogP contribution in [0.3, 0.4) is 0 Å². The number of fused-ring (bicyclic) bond motifs is 1. The Hall–Kier alpha value is -3.15. The van der Waals surface area contributed by atoms with E-state index in [1.54, 1.807) is 37.3 Å². The third kappa shape index (κ3) is 2.94. The molecule has 0 N–H and O–H groups in total. The van der Waals surface area contributed by atoms with Gasteiger partial charge in [-0.2, -0.15) is 0 Å². The van der Waals surface area contributed by atoms with E-state index in [4.69, 9.17) is 4.74 Å². The van der Waals surface area contributed by atoms with Crippen molar-refractivity contribution in [3.8, 4) is 5.75 Å². The zero-order valence-electron chi connectivity index (χ0n) is 15.0. The number of hydrogen-bond donors (Lipinski definition) is 0. The van der Waals surface area contributed by atoms with Crippen LogP contribution in [0.4, 0.5) is 5.69 Å². The average Bonchev–Trinajstić information content (AvgIpc) is 2.90. The highest BCUT2D eigenvalue weighted by Gasteiger charge is 2.37. The zero-order chi connectivity index (χ0) is 18.8. The van der Waals surface area contributed by atoms with Crippen molar-refractivity contribution in [3.05, 3.63) is 59.2 Å². The number of anilines is 1. The van der Waals surface area contributed by atoms with Crippen molar-refractivity contribution in [1.82, 2.24) is 4.90 Å². The first-order chi connectivity index (χ1) is 12.5. The molecule has 2 aromatic carbocycles. The van der Waals surface area contributed by atoms with Gasteiger partial charge in [0.25, 0.3) is 11.8 Å². The highest BCUT2D eigenvalue weighted by Crippen LogP contribution is 2.31. The van der Waals surface area contributed by atoms with Gasteiger partial charge in [-0.25, -0.2) is 0 Å². The van der Waals surface area contributed by atoms with E-state index < -0.39 is 11.8 Å². The van der Waals surface area contributed by atoms with Gasteiger partial charge in [-0.15, -0.1) is 0 Å². The topological polar surface area (TPSA) is 66.9 Å². The molecular formula is C20H20N2O4. The van der Waals surface area contributed by atoms with Gasteiger partial charge in [0.2, 0.25) is 5.91 Å². The third-order valence-corrected chi connectivity index (χ3v) is 4.39. The molecule has 3 rings (SSSR count). The van der Waals surface area contributed by atoms with Crippen LogP contribution in [0.1, 0.15) is 39.6 Å². The number of methoxy groups -OCH3 is 1. The predicted octanol–water partition coefficient (Wildman–Crippen LogP) is 3.00. The van der Waals surface area contributed by atoms with Crippen LogP contribution in [0.15, 0.2) is 42.5 Å². The number of amides is 3. The lowest BCUT2D eigenvalue weighted by Crippen LogP contribution is -2.44. The van der Waals surface area contributed by atoms with Crippen molar-refractivity contribution in [2.75, 3.05) is 18.7 Å². The van der Waals surface area contributed by atoms with Crippen LogP contribution in [-0.2, 0) is 4.79 Å². The Balaban J connectivity index is 1.98. The first-order valence-corrected chi connectivity index (χ1v) is 8.38. The van der Waals surface area contributed by atoms with Crippen LogP contribution in [0.25, 0.3) is 0 Å². The zero-order valence-corrected chi connectivity index (χ0v) is 15.0. The largest absolute Gasteiger partial charge is 0.495 e. The molecule has 0 bridgehead atoms. The highest BCUT2D eigenvalue weighted by molar-refractivity contribution is 6.21. The van der Waals surface area contributed by atoms with Gasteiger partial charge in [0.15, 0.2) is 0 Å². The number of hydrogen-bond acceptors (Lipinski definition) is 4. The molecule has 0 saturated carbocycles. The second-order valence-electron chi connectivity index (χ2n) is 6.08. The lowest BCUT2D eigenvalue weighted by molar-refractivity contribution is -0.118. The Bertz CT molecular complexity index is 856. The lowest BCUT2D eigenvalue weighted by Gasteiger charge is -2.28. The van der Waals surface area contributed by atoms with Crippen molar-refractivity contribution >= 4 is 23.4 Å². The van der Waals surface area contributed by atoms with E-state index in [0.29, 0.717) is 22.6 Å². The molecule has 0 saturated heterocycles. The number of aryl methyl sites for hydroxylation is 1. The standard InChI is InChI=1S/C20H20N2O4/c1-4-18(23)21(16-10-9-13(2)11-17(16)26-3)12-22-19(24)14-7-5-6-8-15(14)20(22)25/h5-11H,4,12H2,1-3H3. The Morgan fingerprint density at radius 2 is 1.69 bits per heavy atom. The van der Waals surface area contributed by atoms with Crippen molar-refractivity contribution < 1.29 is 19.1 Å².